The number of esters is 1. The van der Waals surface area contributed by atoms with Gasteiger partial charge in [0.05, 0.1) is 13.2 Å². The molecule has 1 aromatic carbocycles. The van der Waals surface area contributed by atoms with E-state index in [1.165, 1.54) is 12.1 Å². The Morgan fingerprint density at radius 3 is 2.50 bits per heavy atom. The molecule has 0 bridgehead atoms. The van der Waals surface area contributed by atoms with E-state index in [0.29, 0.717) is 5.56 Å². The second-order valence-electron chi connectivity index (χ2n) is 4.26. The minimum Gasteiger partial charge on any atom is -0.508 e. The number of hydrogen-bond donors (Lipinski definition) is 3. The standard InChI is InChI=1S/C14H15N3O5/c1-22-14(21)13(20)17-11(12(19)16-7-6-15)8-9-2-4-10(18)5-3-9/h2-5,11,18H,7-8H2,1H3,(H,16,19)(H,17,20). The molecule has 116 valence electrons. The average Bonchev–Trinajstić information content (AvgIpc) is 2.52. The Balaban J connectivity index is 2.83. The molecule has 3 N–H and O–H groups in total. The van der Waals surface area contributed by atoms with E-state index in [1.54, 1.807) is 18.2 Å². The van der Waals surface area contributed by atoms with Gasteiger partial charge in [0.15, 0.2) is 0 Å². The average molecular weight is 305 g/mol. The predicted octanol–water partition coefficient (Wildman–Crippen LogP) is -0.768. The van der Waals surface area contributed by atoms with Crippen LogP contribution in [0, 0.1) is 11.3 Å². The van der Waals surface area contributed by atoms with E-state index in [2.05, 4.69) is 15.4 Å². The number of nitriles is 1. The SMILES string of the molecule is COC(=O)C(=O)NC(Cc1ccc(O)cc1)C(=O)NCC#N. The molecule has 2 amide bonds. The van der Waals surface area contributed by atoms with Crippen molar-refractivity contribution in [2.24, 2.45) is 0 Å². The van der Waals surface area contributed by atoms with E-state index >= 15 is 0 Å². The number of ether oxygens (including phenoxy) is 1. The Morgan fingerprint density at radius 1 is 1.32 bits per heavy atom. The van der Waals surface area contributed by atoms with E-state index in [-0.39, 0.29) is 18.7 Å². The van der Waals surface area contributed by atoms with Crippen LogP contribution < -0.4 is 10.6 Å². The zero-order chi connectivity index (χ0) is 16.5. The van der Waals surface area contributed by atoms with Crippen LogP contribution in [0.25, 0.3) is 0 Å². The molecule has 0 saturated heterocycles. The van der Waals surface area contributed by atoms with E-state index < -0.39 is 23.8 Å². The maximum Gasteiger partial charge on any atom is 0.396 e. The third-order valence-corrected chi connectivity index (χ3v) is 2.71. The normalized spacial score (nSPS) is 10.9. The number of phenolic OH excluding ortho intramolecular Hbond substituents is 1. The quantitative estimate of drug-likeness (QED) is 0.372. The summed E-state index contributed by atoms with van der Waals surface area (Å²) in [5.41, 5.74) is 0.653. The predicted molar refractivity (Wildman–Crippen MR) is 74.4 cm³/mol. The number of aromatic hydroxyl groups is 1. The molecule has 0 aliphatic rings. The zero-order valence-corrected chi connectivity index (χ0v) is 11.8. The Kier molecular flexibility index (Phi) is 6.37. The maximum atomic E-state index is 11.9. The summed E-state index contributed by atoms with van der Waals surface area (Å²) in [6.45, 7) is -0.223. The lowest BCUT2D eigenvalue weighted by atomic mass is 10.0. The van der Waals surface area contributed by atoms with Gasteiger partial charge in [0.1, 0.15) is 18.3 Å². The van der Waals surface area contributed by atoms with Gasteiger partial charge >= 0.3 is 11.9 Å². The van der Waals surface area contributed by atoms with E-state index in [9.17, 15) is 19.5 Å². The Hall–Kier alpha value is -3.08. The molecule has 0 heterocycles. The fourth-order valence-corrected chi connectivity index (χ4v) is 1.64. The molecule has 0 aliphatic heterocycles. The molecule has 22 heavy (non-hydrogen) atoms. The first-order valence-corrected chi connectivity index (χ1v) is 6.29. The smallest absolute Gasteiger partial charge is 0.396 e. The number of hydrogen-bond acceptors (Lipinski definition) is 6. The van der Waals surface area contributed by atoms with Crippen LogP contribution in [-0.4, -0.2) is 42.6 Å². The van der Waals surface area contributed by atoms with Crippen molar-refractivity contribution in [3.05, 3.63) is 29.8 Å². The van der Waals surface area contributed by atoms with Crippen molar-refractivity contribution in [2.75, 3.05) is 13.7 Å². The van der Waals surface area contributed by atoms with Gasteiger partial charge in [0.25, 0.3) is 0 Å². The number of benzene rings is 1. The van der Waals surface area contributed by atoms with E-state index in [4.69, 9.17) is 5.26 Å². The van der Waals surface area contributed by atoms with Gasteiger partial charge in [0.2, 0.25) is 5.91 Å². The van der Waals surface area contributed by atoms with Gasteiger partial charge in [-0.05, 0) is 17.7 Å². The summed E-state index contributed by atoms with van der Waals surface area (Å²) in [6.07, 6.45) is 0.0836. The molecule has 0 spiro atoms. The van der Waals surface area contributed by atoms with Crippen LogP contribution >= 0.6 is 0 Å². The number of amides is 2. The molecule has 8 nitrogen and oxygen atoms in total. The minimum atomic E-state index is -1.12. The molecule has 8 heteroatoms. The Morgan fingerprint density at radius 2 is 1.95 bits per heavy atom. The Bertz CT molecular complexity index is 591. The number of carbonyl (C=O) groups excluding carboxylic acids is 3. The van der Waals surface area contributed by atoms with Crippen LogP contribution in [-0.2, 0) is 25.5 Å². The summed E-state index contributed by atoms with van der Waals surface area (Å²) >= 11 is 0. The molecule has 0 radical (unpaired) electrons. The molecule has 0 saturated carbocycles. The molecule has 0 aliphatic carbocycles. The molecule has 1 aromatic rings. The van der Waals surface area contributed by atoms with Crippen LogP contribution in [0.4, 0.5) is 0 Å². The highest BCUT2D eigenvalue weighted by molar-refractivity contribution is 6.32. The third-order valence-electron chi connectivity index (χ3n) is 2.71. The van der Waals surface area contributed by atoms with Gasteiger partial charge in [-0.3, -0.25) is 9.59 Å². The lowest BCUT2D eigenvalue weighted by molar-refractivity contribution is -0.153. The molecule has 0 fully saturated rings. The van der Waals surface area contributed by atoms with Crippen molar-refractivity contribution >= 4 is 17.8 Å². The van der Waals surface area contributed by atoms with Crippen molar-refractivity contribution in [1.29, 1.82) is 5.26 Å². The molecular formula is C14H15N3O5. The second-order valence-corrected chi connectivity index (χ2v) is 4.26. The van der Waals surface area contributed by atoms with Gasteiger partial charge < -0.3 is 20.5 Å². The van der Waals surface area contributed by atoms with Crippen LogP contribution in [0.2, 0.25) is 0 Å². The molecule has 0 aromatic heterocycles. The number of phenols is 1. The van der Waals surface area contributed by atoms with Crippen LogP contribution in [0.5, 0.6) is 5.75 Å². The molecule has 1 unspecified atom stereocenters. The summed E-state index contributed by atoms with van der Waals surface area (Å²) in [7, 11) is 1.05. The van der Waals surface area contributed by atoms with Crippen molar-refractivity contribution in [2.45, 2.75) is 12.5 Å². The first kappa shape index (κ1) is 17.0. The molecule has 1 atom stereocenters. The molecule has 1 rings (SSSR count). The van der Waals surface area contributed by atoms with Crippen LogP contribution in [0.1, 0.15) is 5.56 Å². The highest BCUT2D eigenvalue weighted by Crippen LogP contribution is 2.11. The second kappa shape index (κ2) is 8.26. The minimum absolute atomic E-state index is 0.0628. The number of rotatable bonds is 5. The van der Waals surface area contributed by atoms with Gasteiger partial charge in [0, 0.05) is 6.42 Å². The van der Waals surface area contributed by atoms with Crippen LogP contribution in [0.3, 0.4) is 0 Å². The van der Waals surface area contributed by atoms with Gasteiger partial charge in [-0.2, -0.15) is 5.26 Å². The topological polar surface area (TPSA) is 129 Å². The van der Waals surface area contributed by atoms with Crippen molar-refractivity contribution in [3.63, 3.8) is 0 Å². The number of carbonyl (C=O) groups is 3. The highest BCUT2D eigenvalue weighted by Gasteiger charge is 2.24. The number of nitrogens with one attached hydrogen (secondary N) is 2. The zero-order valence-electron chi connectivity index (χ0n) is 11.8. The molecular weight excluding hydrogens is 290 g/mol. The summed E-state index contributed by atoms with van der Waals surface area (Å²) in [6, 6.07) is 6.70. The number of nitrogens with zero attached hydrogens (tertiary/aromatic N) is 1. The highest BCUT2D eigenvalue weighted by atomic mass is 16.5. The number of methoxy groups -OCH3 is 1. The van der Waals surface area contributed by atoms with E-state index in [1.807, 2.05) is 0 Å². The first-order valence-electron chi connectivity index (χ1n) is 6.29. The fraction of sp³-hybridized carbons (Fsp3) is 0.286. The summed E-state index contributed by atoms with van der Waals surface area (Å²) in [5.74, 6) is -2.72. The maximum absolute atomic E-state index is 11.9. The fourth-order valence-electron chi connectivity index (χ4n) is 1.64. The summed E-state index contributed by atoms with van der Waals surface area (Å²) in [4.78, 5) is 34.6. The van der Waals surface area contributed by atoms with Crippen molar-refractivity contribution in [3.8, 4) is 11.8 Å². The monoisotopic (exact) mass is 305 g/mol. The third kappa shape index (κ3) is 5.13. The summed E-state index contributed by atoms with van der Waals surface area (Å²) in [5, 5.41) is 22.2. The lowest BCUT2D eigenvalue weighted by Gasteiger charge is -2.17. The summed E-state index contributed by atoms with van der Waals surface area (Å²) < 4.78 is 4.27. The van der Waals surface area contributed by atoms with Crippen molar-refractivity contribution in [1.82, 2.24) is 10.6 Å². The van der Waals surface area contributed by atoms with Gasteiger partial charge in [-0.1, -0.05) is 12.1 Å². The first-order chi connectivity index (χ1) is 10.5. The van der Waals surface area contributed by atoms with E-state index in [0.717, 1.165) is 7.11 Å². The largest absolute Gasteiger partial charge is 0.508 e. The van der Waals surface area contributed by atoms with Crippen LogP contribution in [0.15, 0.2) is 24.3 Å². The Labute approximate surface area is 126 Å². The van der Waals surface area contributed by atoms with Gasteiger partial charge in [-0.25, -0.2) is 4.79 Å². The lowest BCUT2D eigenvalue weighted by Crippen LogP contribution is -2.50. The van der Waals surface area contributed by atoms with Gasteiger partial charge in [-0.15, -0.1) is 0 Å². The van der Waals surface area contributed by atoms with Crippen molar-refractivity contribution < 1.29 is 24.2 Å².